The molecule has 0 atom stereocenters. The first kappa shape index (κ1) is 19.6. The largest absolute Gasteiger partial charge is 0.456 e. The van der Waals surface area contributed by atoms with E-state index < -0.39 is 5.82 Å². The predicted octanol–water partition coefficient (Wildman–Crippen LogP) is 2.16. The molecule has 2 aromatic carbocycles. The lowest BCUT2D eigenvalue weighted by Gasteiger charge is -2.15. The van der Waals surface area contributed by atoms with Gasteiger partial charge in [0.05, 0.1) is 18.7 Å². The number of quaternary nitrogens is 1. The third-order valence-corrected chi connectivity index (χ3v) is 4.17. The van der Waals surface area contributed by atoms with Gasteiger partial charge in [-0.25, -0.2) is 9.18 Å². The van der Waals surface area contributed by atoms with Crippen LogP contribution in [0, 0.1) is 5.82 Å². The molecular weight excluding hydrogens is 335 g/mol. The maximum Gasteiger partial charge on any atom is 0.338 e. The van der Waals surface area contributed by atoms with E-state index in [2.05, 4.69) is 19.2 Å². The minimum atomic E-state index is -0.396. The fraction of sp³-hybridized carbons (Fsp3) is 0.300. The number of amides is 1. The van der Waals surface area contributed by atoms with Gasteiger partial charge in [-0.1, -0.05) is 0 Å². The van der Waals surface area contributed by atoms with E-state index in [9.17, 15) is 14.0 Å². The van der Waals surface area contributed by atoms with Crippen LogP contribution in [-0.2, 0) is 4.74 Å². The number of carbonyl (C=O) groups is 2. The van der Waals surface area contributed by atoms with E-state index in [-0.39, 0.29) is 11.9 Å². The normalized spacial score (nSPS) is 10.6. The van der Waals surface area contributed by atoms with Crippen molar-refractivity contribution in [3.05, 3.63) is 65.5 Å². The summed E-state index contributed by atoms with van der Waals surface area (Å²) in [6, 6.07) is 11.8. The van der Waals surface area contributed by atoms with Crippen molar-refractivity contribution in [2.45, 2.75) is 13.8 Å². The zero-order chi connectivity index (χ0) is 18.9. The summed E-state index contributed by atoms with van der Waals surface area (Å²) in [7, 11) is 0. The Morgan fingerprint density at radius 2 is 1.54 bits per heavy atom. The lowest BCUT2D eigenvalue weighted by molar-refractivity contribution is -0.896. The van der Waals surface area contributed by atoms with Crippen LogP contribution < -0.4 is 10.2 Å². The van der Waals surface area contributed by atoms with Crippen molar-refractivity contribution < 1.29 is 23.6 Å². The van der Waals surface area contributed by atoms with Crippen molar-refractivity contribution in [1.29, 1.82) is 0 Å². The molecule has 6 heteroatoms. The van der Waals surface area contributed by atoms with Crippen molar-refractivity contribution in [2.24, 2.45) is 0 Å². The second-order valence-electron chi connectivity index (χ2n) is 5.88. The van der Waals surface area contributed by atoms with E-state index in [1.165, 1.54) is 29.2 Å². The highest BCUT2D eigenvalue weighted by Crippen LogP contribution is 2.12. The number of anilines is 1. The number of likely N-dealkylation sites (N-methyl/N-ethyl adjacent to an activating group) is 1. The molecule has 138 valence electrons. The molecule has 0 aliphatic carbocycles. The smallest absolute Gasteiger partial charge is 0.338 e. The first-order chi connectivity index (χ1) is 12.5. The van der Waals surface area contributed by atoms with Crippen molar-refractivity contribution in [2.75, 3.05) is 31.6 Å². The minimum absolute atomic E-state index is 0.345. The van der Waals surface area contributed by atoms with Gasteiger partial charge in [0.15, 0.2) is 0 Å². The Labute approximate surface area is 152 Å². The molecule has 0 unspecified atom stereocenters. The number of esters is 1. The number of rotatable bonds is 8. The third-order valence-electron chi connectivity index (χ3n) is 4.17. The molecule has 2 N–H and O–H groups in total. The number of carbonyl (C=O) groups excluding carboxylic acids is 2. The van der Waals surface area contributed by atoms with Gasteiger partial charge in [0.2, 0.25) is 0 Å². The fourth-order valence-corrected chi connectivity index (χ4v) is 2.47. The first-order valence-corrected chi connectivity index (χ1v) is 8.71. The number of ether oxygens (including phenoxy) is 1. The minimum Gasteiger partial charge on any atom is -0.456 e. The summed E-state index contributed by atoms with van der Waals surface area (Å²) in [5, 5.41) is 2.70. The highest BCUT2D eigenvalue weighted by Gasteiger charge is 2.10. The molecule has 1 amide bonds. The van der Waals surface area contributed by atoms with E-state index >= 15 is 0 Å². The highest BCUT2D eigenvalue weighted by molar-refractivity contribution is 6.04. The van der Waals surface area contributed by atoms with Gasteiger partial charge in [-0.05, 0) is 62.4 Å². The molecule has 0 spiro atoms. The quantitative estimate of drug-likeness (QED) is 0.710. The van der Waals surface area contributed by atoms with Crippen LogP contribution in [0.4, 0.5) is 10.1 Å². The second-order valence-corrected chi connectivity index (χ2v) is 5.88. The SMILES string of the molecule is CC[NH+](CC)CCOC(=O)c1ccc(NC(=O)c2ccc(F)cc2)cc1. The van der Waals surface area contributed by atoms with Gasteiger partial charge in [-0.2, -0.15) is 0 Å². The maximum atomic E-state index is 12.9. The number of hydrogen-bond acceptors (Lipinski definition) is 3. The molecule has 2 aromatic rings. The van der Waals surface area contributed by atoms with Crippen LogP contribution >= 0.6 is 0 Å². The Bertz CT molecular complexity index is 726. The van der Waals surface area contributed by atoms with E-state index in [0.717, 1.165) is 19.6 Å². The van der Waals surface area contributed by atoms with E-state index in [1.54, 1.807) is 24.3 Å². The van der Waals surface area contributed by atoms with E-state index in [1.807, 2.05) is 0 Å². The summed E-state index contributed by atoms with van der Waals surface area (Å²) >= 11 is 0. The Balaban J connectivity index is 1.88. The molecule has 0 saturated carbocycles. The molecule has 0 aromatic heterocycles. The van der Waals surface area contributed by atoms with Gasteiger partial charge in [0.1, 0.15) is 19.0 Å². The highest BCUT2D eigenvalue weighted by atomic mass is 19.1. The average molecular weight is 359 g/mol. The average Bonchev–Trinajstić information content (AvgIpc) is 2.66. The number of nitrogens with one attached hydrogen (secondary N) is 2. The van der Waals surface area contributed by atoms with Gasteiger partial charge in [0, 0.05) is 11.3 Å². The molecule has 26 heavy (non-hydrogen) atoms. The molecule has 5 nitrogen and oxygen atoms in total. The standard InChI is InChI=1S/C20H23FN2O3/c1-3-23(4-2)13-14-26-20(25)16-7-11-18(12-8-16)22-19(24)15-5-9-17(21)10-6-15/h5-12H,3-4,13-14H2,1-2H3,(H,22,24)/p+1. The van der Waals surface area contributed by atoms with Crippen molar-refractivity contribution in [1.82, 2.24) is 0 Å². The van der Waals surface area contributed by atoms with Crippen LogP contribution in [0.1, 0.15) is 34.6 Å². The molecule has 0 aliphatic heterocycles. The van der Waals surface area contributed by atoms with Crippen molar-refractivity contribution in [3.63, 3.8) is 0 Å². The first-order valence-electron chi connectivity index (χ1n) is 8.71. The summed E-state index contributed by atoms with van der Waals surface area (Å²) in [6.07, 6.45) is 0. The molecule has 2 rings (SSSR count). The zero-order valence-corrected chi connectivity index (χ0v) is 15.0. The van der Waals surface area contributed by atoms with E-state index in [0.29, 0.717) is 23.4 Å². The van der Waals surface area contributed by atoms with Crippen LogP contribution in [-0.4, -0.2) is 38.1 Å². The molecular formula is C20H24FN2O3+. The molecule has 0 saturated heterocycles. The second kappa shape index (κ2) is 9.68. The Kier molecular flexibility index (Phi) is 7.29. The van der Waals surface area contributed by atoms with Gasteiger partial charge in [-0.3, -0.25) is 4.79 Å². The zero-order valence-electron chi connectivity index (χ0n) is 15.0. The van der Waals surface area contributed by atoms with Gasteiger partial charge < -0.3 is 15.0 Å². The van der Waals surface area contributed by atoms with Crippen LogP contribution in [0.15, 0.2) is 48.5 Å². The molecule has 0 aliphatic rings. The monoisotopic (exact) mass is 359 g/mol. The summed E-state index contributed by atoms with van der Waals surface area (Å²) in [5.41, 5.74) is 1.33. The lowest BCUT2D eigenvalue weighted by atomic mass is 10.2. The summed E-state index contributed by atoms with van der Waals surface area (Å²) in [5.74, 6) is -1.12. The maximum absolute atomic E-state index is 12.9. The van der Waals surface area contributed by atoms with Crippen molar-refractivity contribution >= 4 is 17.6 Å². The van der Waals surface area contributed by atoms with Crippen LogP contribution in [0.2, 0.25) is 0 Å². The Morgan fingerprint density at radius 3 is 2.12 bits per heavy atom. The lowest BCUT2D eigenvalue weighted by Crippen LogP contribution is -3.11. The molecule has 0 heterocycles. The molecule has 0 radical (unpaired) electrons. The molecule has 0 fully saturated rings. The number of halogens is 1. The van der Waals surface area contributed by atoms with Crippen LogP contribution in [0.3, 0.4) is 0 Å². The van der Waals surface area contributed by atoms with Crippen molar-refractivity contribution in [3.8, 4) is 0 Å². The van der Waals surface area contributed by atoms with E-state index in [4.69, 9.17) is 4.74 Å². The van der Waals surface area contributed by atoms with Gasteiger partial charge >= 0.3 is 5.97 Å². The van der Waals surface area contributed by atoms with Crippen LogP contribution in [0.5, 0.6) is 0 Å². The van der Waals surface area contributed by atoms with Crippen LogP contribution in [0.25, 0.3) is 0 Å². The predicted molar refractivity (Wildman–Crippen MR) is 98.0 cm³/mol. The molecule has 0 bridgehead atoms. The summed E-state index contributed by atoms with van der Waals surface area (Å²) in [6.45, 7) is 7.34. The Morgan fingerprint density at radius 1 is 0.962 bits per heavy atom. The summed E-state index contributed by atoms with van der Waals surface area (Å²) < 4.78 is 18.2. The number of hydrogen-bond donors (Lipinski definition) is 2. The topological polar surface area (TPSA) is 59.8 Å². The van der Waals surface area contributed by atoms with Gasteiger partial charge in [0.25, 0.3) is 5.91 Å². The van der Waals surface area contributed by atoms with Gasteiger partial charge in [-0.15, -0.1) is 0 Å². The summed E-state index contributed by atoms with van der Waals surface area (Å²) in [4.78, 5) is 25.5. The third kappa shape index (κ3) is 5.67. The fourth-order valence-electron chi connectivity index (χ4n) is 2.47. The number of benzene rings is 2. The Hall–Kier alpha value is -2.73.